The zero-order chi connectivity index (χ0) is 22.3. The van der Waals surface area contributed by atoms with Gasteiger partial charge in [-0.2, -0.15) is 0 Å². The molecule has 2 N–H and O–H groups in total. The van der Waals surface area contributed by atoms with Gasteiger partial charge in [-0.15, -0.1) is 0 Å². The fourth-order valence-electron chi connectivity index (χ4n) is 2.54. The maximum absolute atomic E-state index is 12.0. The number of hydrogen-bond donors (Lipinski definition) is 2. The highest BCUT2D eigenvalue weighted by molar-refractivity contribution is 9.10. The van der Waals surface area contributed by atoms with Crippen molar-refractivity contribution in [2.45, 2.75) is 26.7 Å². The van der Waals surface area contributed by atoms with Gasteiger partial charge in [-0.1, -0.05) is 15.9 Å². The predicted octanol–water partition coefficient (Wildman–Crippen LogP) is 3.87. The number of ether oxygens (including phenoxy) is 1. The van der Waals surface area contributed by atoms with E-state index in [2.05, 4.69) is 26.6 Å². The lowest BCUT2D eigenvalue weighted by Gasteiger charge is -2.10. The molecule has 0 aliphatic carbocycles. The van der Waals surface area contributed by atoms with Crippen LogP contribution < -0.4 is 10.6 Å². The van der Waals surface area contributed by atoms with Crippen molar-refractivity contribution in [1.29, 1.82) is 0 Å². The van der Waals surface area contributed by atoms with Crippen molar-refractivity contribution in [2.24, 2.45) is 0 Å². The summed E-state index contributed by atoms with van der Waals surface area (Å²) in [4.78, 5) is 45.6. The summed E-state index contributed by atoms with van der Waals surface area (Å²) >= 11 is 3.45. The zero-order valence-electron chi connectivity index (χ0n) is 16.4. The van der Waals surface area contributed by atoms with Crippen LogP contribution in [0.5, 0.6) is 0 Å². The largest absolute Gasteiger partial charge is 0.456 e. The third-order valence-electron chi connectivity index (χ3n) is 4.00. The maximum Gasteiger partial charge on any atom is 0.306 e. The minimum Gasteiger partial charge on any atom is -0.456 e. The van der Waals surface area contributed by atoms with Crippen LogP contribution >= 0.6 is 15.9 Å². The summed E-state index contributed by atoms with van der Waals surface area (Å²) in [6.45, 7) is 3.33. The molecule has 2 aromatic carbocycles. The molecule has 0 saturated carbocycles. The molecule has 0 spiro atoms. The fraction of sp³-hybridized carbons (Fsp3) is 0.250. The Morgan fingerprint density at radius 3 is 2.10 bits per heavy atom. The summed E-state index contributed by atoms with van der Waals surface area (Å²) in [5.74, 6) is -1.63. The molecule has 0 saturated heterocycles. The third kappa shape index (κ3) is 6.96. The molecule has 0 atom stereocenters. The topological polar surface area (TPSA) is 128 Å². The van der Waals surface area contributed by atoms with Crippen LogP contribution in [-0.4, -0.2) is 29.3 Å². The number of amides is 2. The normalized spacial score (nSPS) is 10.2. The van der Waals surface area contributed by atoms with Gasteiger partial charge in [0.15, 0.2) is 6.61 Å². The van der Waals surface area contributed by atoms with Crippen LogP contribution in [0.25, 0.3) is 0 Å². The van der Waals surface area contributed by atoms with E-state index < -0.39 is 29.3 Å². The second-order valence-corrected chi connectivity index (χ2v) is 7.28. The molecule has 2 aromatic rings. The molecule has 0 unspecified atom stereocenters. The van der Waals surface area contributed by atoms with Crippen molar-refractivity contribution in [2.75, 3.05) is 17.2 Å². The number of aryl methyl sites for hydroxylation is 2. The molecule has 0 aliphatic rings. The quantitative estimate of drug-likeness (QED) is 0.337. The van der Waals surface area contributed by atoms with Crippen molar-refractivity contribution in [3.63, 3.8) is 0 Å². The first-order valence-electron chi connectivity index (χ1n) is 8.92. The van der Waals surface area contributed by atoms with Crippen molar-refractivity contribution in [3.8, 4) is 0 Å². The number of hydrogen-bond acceptors (Lipinski definition) is 6. The Morgan fingerprint density at radius 2 is 1.53 bits per heavy atom. The molecule has 0 fully saturated rings. The summed E-state index contributed by atoms with van der Waals surface area (Å²) in [6.07, 6.45) is -0.356. The Labute approximate surface area is 181 Å². The van der Waals surface area contributed by atoms with Gasteiger partial charge >= 0.3 is 5.97 Å². The third-order valence-corrected chi connectivity index (χ3v) is 5.25. The van der Waals surface area contributed by atoms with E-state index in [0.717, 1.165) is 15.6 Å². The molecule has 0 aromatic heterocycles. The molecule has 9 nitrogen and oxygen atoms in total. The highest BCUT2D eigenvalue weighted by Crippen LogP contribution is 2.25. The van der Waals surface area contributed by atoms with E-state index in [9.17, 15) is 24.5 Å². The average Bonchev–Trinajstić information content (AvgIpc) is 2.69. The molecule has 0 radical (unpaired) electrons. The molecule has 0 bridgehead atoms. The van der Waals surface area contributed by atoms with Crippen molar-refractivity contribution < 1.29 is 24.0 Å². The van der Waals surface area contributed by atoms with E-state index in [1.807, 2.05) is 13.8 Å². The number of nitro benzene ring substituents is 1. The molecule has 10 heteroatoms. The molecular weight excluding hydrogens is 458 g/mol. The molecular formula is C20H20BrN3O6. The standard InChI is InChI=1S/C20H20BrN3O6/c1-12-9-15(10-13(2)20(12)21)23-18(26)11-30-19(27)8-7-17(25)22-14-3-5-16(6-4-14)24(28)29/h3-6,9-10H,7-8,11H2,1-2H3,(H,22,25)(H,23,26). The molecule has 2 amide bonds. The lowest BCUT2D eigenvalue weighted by Crippen LogP contribution is -2.22. The van der Waals surface area contributed by atoms with Gasteiger partial charge in [0.05, 0.1) is 11.3 Å². The number of nitro groups is 1. The smallest absolute Gasteiger partial charge is 0.306 e. The van der Waals surface area contributed by atoms with Crippen LogP contribution in [0.1, 0.15) is 24.0 Å². The number of esters is 1. The predicted molar refractivity (Wildman–Crippen MR) is 114 cm³/mol. The fourth-order valence-corrected chi connectivity index (χ4v) is 2.77. The van der Waals surface area contributed by atoms with Gasteiger partial charge in [0.1, 0.15) is 0 Å². The lowest BCUT2D eigenvalue weighted by molar-refractivity contribution is -0.384. The zero-order valence-corrected chi connectivity index (χ0v) is 17.9. The average molecular weight is 478 g/mol. The van der Waals surface area contributed by atoms with Crippen molar-refractivity contribution >= 4 is 50.8 Å². The minimum absolute atomic E-state index is 0.0942. The van der Waals surface area contributed by atoms with Crippen LogP contribution in [-0.2, 0) is 19.1 Å². The van der Waals surface area contributed by atoms with Gasteiger partial charge in [0.25, 0.3) is 11.6 Å². The number of carbonyl (C=O) groups excluding carboxylic acids is 3. The van der Waals surface area contributed by atoms with Crippen molar-refractivity contribution in [1.82, 2.24) is 0 Å². The van der Waals surface area contributed by atoms with Crippen LogP contribution in [0.4, 0.5) is 17.1 Å². The van der Waals surface area contributed by atoms with Gasteiger partial charge < -0.3 is 15.4 Å². The number of halogens is 1. The maximum atomic E-state index is 12.0. The van der Waals surface area contributed by atoms with E-state index in [4.69, 9.17) is 4.74 Å². The number of nitrogens with one attached hydrogen (secondary N) is 2. The number of benzene rings is 2. The number of carbonyl (C=O) groups is 3. The highest BCUT2D eigenvalue weighted by Gasteiger charge is 2.12. The summed E-state index contributed by atoms with van der Waals surface area (Å²) in [7, 11) is 0. The summed E-state index contributed by atoms with van der Waals surface area (Å²) in [6, 6.07) is 8.89. The number of rotatable bonds is 8. The highest BCUT2D eigenvalue weighted by atomic mass is 79.9. The Morgan fingerprint density at radius 1 is 0.967 bits per heavy atom. The SMILES string of the molecule is Cc1cc(NC(=O)COC(=O)CCC(=O)Nc2ccc([N+](=O)[O-])cc2)cc(C)c1Br. The first-order chi connectivity index (χ1) is 14.2. The summed E-state index contributed by atoms with van der Waals surface area (Å²) in [5, 5.41) is 15.8. The van der Waals surface area contributed by atoms with Crippen LogP contribution in [0.3, 0.4) is 0 Å². The van der Waals surface area contributed by atoms with Crippen LogP contribution in [0.2, 0.25) is 0 Å². The summed E-state index contributed by atoms with van der Waals surface area (Å²) < 4.78 is 5.85. The van der Waals surface area contributed by atoms with E-state index in [-0.39, 0.29) is 18.5 Å². The Kier molecular flexibility index (Phi) is 8.05. The van der Waals surface area contributed by atoms with E-state index in [1.165, 1.54) is 24.3 Å². The molecule has 0 heterocycles. The minimum atomic E-state index is -0.688. The second-order valence-electron chi connectivity index (χ2n) is 6.49. The van der Waals surface area contributed by atoms with Crippen LogP contribution in [0.15, 0.2) is 40.9 Å². The first-order valence-corrected chi connectivity index (χ1v) is 9.71. The Bertz CT molecular complexity index is 952. The number of non-ortho nitro benzene ring substituents is 1. The van der Waals surface area contributed by atoms with E-state index in [1.54, 1.807) is 12.1 Å². The van der Waals surface area contributed by atoms with E-state index >= 15 is 0 Å². The first kappa shape index (κ1) is 23.0. The summed E-state index contributed by atoms with van der Waals surface area (Å²) in [5.41, 5.74) is 2.79. The van der Waals surface area contributed by atoms with Gasteiger partial charge in [-0.05, 0) is 49.2 Å². The van der Waals surface area contributed by atoms with Gasteiger partial charge in [-0.3, -0.25) is 24.5 Å². The molecule has 0 aliphatic heterocycles. The monoisotopic (exact) mass is 477 g/mol. The molecule has 158 valence electrons. The van der Waals surface area contributed by atoms with Crippen LogP contribution in [0, 0.1) is 24.0 Å². The van der Waals surface area contributed by atoms with Gasteiger partial charge in [-0.25, -0.2) is 0 Å². The number of nitrogens with zero attached hydrogens (tertiary/aromatic N) is 1. The molecule has 2 rings (SSSR count). The second kappa shape index (κ2) is 10.5. The van der Waals surface area contributed by atoms with E-state index in [0.29, 0.717) is 11.4 Å². The Hall–Kier alpha value is -3.27. The number of anilines is 2. The van der Waals surface area contributed by atoms with Gasteiger partial charge in [0.2, 0.25) is 5.91 Å². The lowest BCUT2D eigenvalue weighted by atomic mass is 10.1. The van der Waals surface area contributed by atoms with Gasteiger partial charge in [0, 0.05) is 34.4 Å². The van der Waals surface area contributed by atoms with Crippen molar-refractivity contribution in [3.05, 3.63) is 62.1 Å². The Balaban J connectivity index is 1.73. The molecule has 30 heavy (non-hydrogen) atoms.